The molecule has 190 valence electrons. The number of hydrogen-bond acceptors (Lipinski definition) is 6. The molecule has 0 radical (unpaired) electrons. The minimum atomic E-state index is -3.02. The van der Waals surface area contributed by atoms with Crippen LogP contribution in [0.25, 0.3) is 0 Å². The molecule has 3 aliphatic rings. The van der Waals surface area contributed by atoms with Crippen LogP contribution in [0.1, 0.15) is 31.2 Å². The number of rotatable bonds is 6. The Balaban J connectivity index is 1.28. The van der Waals surface area contributed by atoms with Gasteiger partial charge in [0.15, 0.2) is 9.84 Å². The number of nitrogens with zero attached hydrogens (tertiary/aromatic N) is 4. The fourth-order valence-corrected chi connectivity index (χ4v) is 7.43. The Bertz CT molecular complexity index is 1120. The first-order chi connectivity index (χ1) is 16.8. The van der Waals surface area contributed by atoms with E-state index in [1.54, 1.807) is 6.20 Å². The lowest BCUT2D eigenvalue weighted by molar-refractivity contribution is 0.00921. The molecule has 4 heterocycles. The summed E-state index contributed by atoms with van der Waals surface area (Å²) in [5.74, 6) is 0.951. The van der Waals surface area contributed by atoms with Crippen molar-refractivity contribution < 1.29 is 8.42 Å². The zero-order valence-corrected chi connectivity index (χ0v) is 22.5. The number of sulfone groups is 1. The van der Waals surface area contributed by atoms with Gasteiger partial charge in [-0.05, 0) is 61.9 Å². The fraction of sp³-hybridized carbons (Fsp3) is 0.577. The molecule has 0 spiro atoms. The lowest BCUT2D eigenvalue weighted by Crippen LogP contribution is -2.60. The summed E-state index contributed by atoms with van der Waals surface area (Å²) in [6.07, 6.45) is 8.13. The molecular weight excluding hydrogens is 503 g/mol. The Morgan fingerprint density at radius 3 is 2.40 bits per heavy atom. The molecule has 0 saturated carbocycles. The molecule has 0 amide bonds. The third kappa shape index (κ3) is 5.96. The number of pyridine rings is 1. The molecular formula is C26H34Cl2N4O2S. The summed E-state index contributed by atoms with van der Waals surface area (Å²) in [6.45, 7) is 4.49. The van der Waals surface area contributed by atoms with Gasteiger partial charge in [0.2, 0.25) is 0 Å². The van der Waals surface area contributed by atoms with E-state index in [9.17, 15) is 8.42 Å². The van der Waals surface area contributed by atoms with Crippen molar-refractivity contribution in [3.05, 3.63) is 58.2 Å². The second-order valence-corrected chi connectivity index (χ2v) is 13.6. The number of hydrogen-bond donors (Lipinski definition) is 0. The molecule has 3 atom stereocenters. The van der Waals surface area contributed by atoms with Gasteiger partial charge in [-0.1, -0.05) is 35.3 Å². The van der Waals surface area contributed by atoms with Gasteiger partial charge >= 0.3 is 0 Å². The molecule has 35 heavy (non-hydrogen) atoms. The van der Waals surface area contributed by atoms with Gasteiger partial charge in [0.25, 0.3) is 0 Å². The lowest BCUT2D eigenvalue weighted by Gasteiger charge is -2.49. The van der Waals surface area contributed by atoms with Gasteiger partial charge in [0.1, 0.15) is 5.82 Å². The highest BCUT2D eigenvalue weighted by atomic mass is 35.5. The van der Waals surface area contributed by atoms with Gasteiger partial charge in [-0.25, -0.2) is 13.4 Å². The van der Waals surface area contributed by atoms with Gasteiger partial charge in [-0.3, -0.25) is 9.80 Å². The second kappa shape index (κ2) is 10.5. The van der Waals surface area contributed by atoms with Crippen LogP contribution in [0.3, 0.4) is 0 Å². The van der Waals surface area contributed by atoms with Crippen molar-refractivity contribution in [1.29, 1.82) is 0 Å². The third-order valence-corrected chi connectivity index (χ3v) is 10.1. The summed E-state index contributed by atoms with van der Waals surface area (Å²) in [5.41, 5.74) is 1.30. The van der Waals surface area contributed by atoms with E-state index in [2.05, 4.69) is 31.8 Å². The number of piperazine rings is 1. The van der Waals surface area contributed by atoms with Crippen LogP contribution in [0.2, 0.25) is 10.0 Å². The van der Waals surface area contributed by atoms with Crippen molar-refractivity contribution in [3.8, 4) is 0 Å². The van der Waals surface area contributed by atoms with Gasteiger partial charge in [-0.2, -0.15) is 0 Å². The zero-order valence-electron chi connectivity index (χ0n) is 20.2. The maximum Gasteiger partial charge on any atom is 0.151 e. The van der Waals surface area contributed by atoms with E-state index in [0.29, 0.717) is 24.7 Å². The summed E-state index contributed by atoms with van der Waals surface area (Å²) in [5, 5.41) is 1.25. The van der Waals surface area contributed by atoms with E-state index >= 15 is 0 Å². The van der Waals surface area contributed by atoms with Crippen LogP contribution in [0.4, 0.5) is 5.82 Å². The first-order valence-corrected chi connectivity index (χ1v) is 15.3. The SMILES string of the molecule is CS(=O)(=O)[C@H]1C[C@H]2CN(C3CCN(c4cc(Cl)ccn4)CC3)[C@@H](CCc3ccc(Cl)cc3)CN2C1. The van der Waals surface area contributed by atoms with Crippen LogP contribution in [-0.4, -0.2) is 85.6 Å². The summed E-state index contributed by atoms with van der Waals surface area (Å²) in [6, 6.07) is 13.2. The highest BCUT2D eigenvalue weighted by Gasteiger charge is 2.44. The topological polar surface area (TPSA) is 56.8 Å². The number of aryl methyl sites for hydroxylation is 1. The molecule has 3 aliphatic heterocycles. The van der Waals surface area contributed by atoms with Crippen LogP contribution in [0, 0.1) is 0 Å². The predicted octanol–water partition coefficient (Wildman–Crippen LogP) is 4.16. The van der Waals surface area contributed by atoms with Crippen LogP contribution in [0.5, 0.6) is 0 Å². The van der Waals surface area contributed by atoms with E-state index in [0.717, 1.165) is 74.1 Å². The Hall–Kier alpha value is -1.38. The van der Waals surface area contributed by atoms with Crippen molar-refractivity contribution in [1.82, 2.24) is 14.8 Å². The van der Waals surface area contributed by atoms with Gasteiger partial charge in [0, 0.05) is 73.3 Å². The van der Waals surface area contributed by atoms with E-state index in [1.165, 1.54) is 11.8 Å². The van der Waals surface area contributed by atoms with Gasteiger partial charge in [0.05, 0.1) is 5.25 Å². The van der Waals surface area contributed by atoms with E-state index < -0.39 is 9.84 Å². The number of aromatic nitrogens is 1. The smallest absolute Gasteiger partial charge is 0.151 e. The number of anilines is 1. The Morgan fingerprint density at radius 2 is 1.71 bits per heavy atom. The van der Waals surface area contributed by atoms with E-state index in [4.69, 9.17) is 23.2 Å². The quantitative estimate of drug-likeness (QED) is 0.552. The number of piperidine rings is 1. The molecule has 1 aromatic carbocycles. The predicted molar refractivity (Wildman–Crippen MR) is 143 cm³/mol. The minimum absolute atomic E-state index is 0.236. The van der Waals surface area contributed by atoms with E-state index in [1.807, 2.05) is 24.3 Å². The Labute approximate surface area is 219 Å². The van der Waals surface area contributed by atoms with Crippen LogP contribution in [-0.2, 0) is 16.3 Å². The Kier molecular flexibility index (Phi) is 7.61. The number of benzene rings is 1. The van der Waals surface area contributed by atoms with Crippen molar-refractivity contribution >= 4 is 38.9 Å². The minimum Gasteiger partial charge on any atom is -0.356 e. The van der Waals surface area contributed by atoms with Crippen LogP contribution in [0.15, 0.2) is 42.6 Å². The standard InChI is InChI=1S/C26H34Cl2N4O2S/c1-35(33,34)25-15-24-17-32(22-9-12-30(13-10-22)26-14-21(28)8-11-29-26)23(16-31(24)18-25)7-4-19-2-5-20(27)6-3-19/h2-3,5-6,8,11,14,22-25H,4,7,9-10,12-13,15-18H2,1H3/t23-,24-,25-/m0/s1. The van der Waals surface area contributed by atoms with Crippen molar-refractivity contribution in [3.63, 3.8) is 0 Å². The Morgan fingerprint density at radius 1 is 0.971 bits per heavy atom. The molecule has 5 rings (SSSR count). The molecule has 0 bridgehead atoms. The van der Waals surface area contributed by atoms with Crippen LogP contribution < -0.4 is 4.90 Å². The maximum absolute atomic E-state index is 12.3. The molecule has 0 aliphatic carbocycles. The summed E-state index contributed by atoms with van der Waals surface area (Å²) in [7, 11) is -3.02. The molecule has 3 saturated heterocycles. The average molecular weight is 538 g/mol. The largest absolute Gasteiger partial charge is 0.356 e. The normalized spacial score (nSPS) is 26.7. The molecule has 1 aromatic heterocycles. The molecule has 0 N–H and O–H groups in total. The zero-order chi connectivity index (χ0) is 24.6. The van der Waals surface area contributed by atoms with Crippen LogP contribution >= 0.6 is 23.2 Å². The molecule has 6 nitrogen and oxygen atoms in total. The number of halogens is 2. The fourth-order valence-electron chi connectivity index (χ4n) is 6.11. The van der Waals surface area contributed by atoms with Crippen molar-refractivity contribution in [2.75, 3.05) is 43.9 Å². The summed E-state index contributed by atoms with van der Waals surface area (Å²) < 4.78 is 24.6. The average Bonchev–Trinajstić information content (AvgIpc) is 3.27. The first kappa shape index (κ1) is 25.3. The van der Waals surface area contributed by atoms with Crippen molar-refractivity contribution in [2.24, 2.45) is 0 Å². The monoisotopic (exact) mass is 536 g/mol. The summed E-state index contributed by atoms with van der Waals surface area (Å²) in [4.78, 5) is 12.0. The highest BCUT2D eigenvalue weighted by molar-refractivity contribution is 7.91. The third-order valence-electron chi connectivity index (χ3n) is 8.08. The van der Waals surface area contributed by atoms with Gasteiger partial charge in [-0.15, -0.1) is 0 Å². The maximum atomic E-state index is 12.3. The lowest BCUT2D eigenvalue weighted by atomic mass is 9.94. The van der Waals surface area contributed by atoms with Crippen molar-refractivity contribution in [2.45, 2.75) is 55.5 Å². The summed E-state index contributed by atoms with van der Waals surface area (Å²) >= 11 is 12.3. The molecule has 9 heteroatoms. The number of fused-ring (bicyclic) bond motifs is 1. The van der Waals surface area contributed by atoms with Gasteiger partial charge < -0.3 is 4.90 Å². The highest BCUT2D eigenvalue weighted by Crippen LogP contribution is 2.33. The second-order valence-electron chi connectivity index (χ2n) is 10.4. The molecule has 3 fully saturated rings. The first-order valence-electron chi connectivity index (χ1n) is 12.6. The molecule has 0 unspecified atom stereocenters. The molecule has 2 aromatic rings. The van der Waals surface area contributed by atoms with E-state index in [-0.39, 0.29) is 5.25 Å².